The van der Waals surface area contributed by atoms with E-state index in [4.69, 9.17) is 10.00 Å². The van der Waals surface area contributed by atoms with Gasteiger partial charge in [0.05, 0.1) is 0 Å². The number of nitriles is 1. The first-order valence-corrected chi connectivity index (χ1v) is 6.23. The molecule has 0 spiro atoms. The fourth-order valence-electron chi connectivity index (χ4n) is 1.59. The normalized spacial score (nSPS) is 11.0. The first-order valence-electron chi connectivity index (χ1n) is 6.23. The molecule has 1 aromatic rings. The Balaban J connectivity index is 2.74. The van der Waals surface area contributed by atoms with Gasteiger partial charge < -0.3 is 10.1 Å². The highest BCUT2D eigenvalue weighted by molar-refractivity contribution is 6.01. The van der Waals surface area contributed by atoms with Gasteiger partial charge in [-0.3, -0.25) is 4.79 Å². The van der Waals surface area contributed by atoms with Crippen molar-refractivity contribution < 1.29 is 13.9 Å². The fraction of sp³-hybridized carbons (Fsp3) is 0.333. The number of ether oxygens (including phenoxy) is 1. The number of hydrogen-bond acceptors (Lipinski definition) is 3. The largest absolute Gasteiger partial charge is 0.385 e. The van der Waals surface area contributed by atoms with Gasteiger partial charge in [-0.05, 0) is 42.7 Å². The third-order valence-corrected chi connectivity index (χ3v) is 2.67. The smallest absolute Gasteiger partial charge is 0.261 e. The van der Waals surface area contributed by atoms with Crippen molar-refractivity contribution in [3.05, 3.63) is 40.7 Å². The number of rotatable bonds is 6. The number of aryl methyl sites for hydroxylation is 1. The Morgan fingerprint density at radius 1 is 1.55 bits per heavy atom. The second-order valence-electron chi connectivity index (χ2n) is 4.28. The summed E-state index contributed by atoms with van der Waals surface area (Å²) in [6, 6.07) is 6.28. The molecule has 0 heterocycles. The number of halogens is 1. The highest BCUT2D eigenvalue weighted by atomic mass is 19.1. The van der Waals surface area contributed by atoms with E-state index in [0.717, 1.165) is 0 Å². The van der Waals surface area contributed by atoms with E-state index in [9.17, 15) is 9.18 Å². The minimum Gasteiger partial charge on any atom is -0.385 e. The molecule has 0 atom stereocenters. The lowest BCUT2D eigenvalue weighted by atomic mass is 10.1. The molecule has 0 aliphatic heterocycles. The molecule has 0 saturated heterocycles. The summed E-state index contributed by atoms with van der Waals surface area (Å²) >= 11 is 0. The van der Waals surface area contributed by atoms with Gasteiger partial charge in [0, 0.05) is 20.3 Å². The average Bonchev–Trinajstić information content (AvgIpc) is 2.44. The van der Waals surface area contributed by atoms with Gasteiger partial charge in [0.25, 0.3) is 5.91 Å². The lowest BCUT2D eigenvalue weighted by molar-refractivity contribution is -0.117. The van der Waals surface area contributed by atoms with Crippen LogP contribution in [0.2, 0.25) is 0 Å². The van der Waals surface area contributed by atoms with Crippen molar-refractivity contribution >= 4 is 12.0 Å². The number of carbonyl (C=O) groups excluding carboxylic acids is 1. The molecule has 1 rings (SSSR count). The number of hydrogen-bond donors (Lipinski definition) is 1. The molecule has 0 bridgehead atoms. The Morgan fingerprint density at radius 3 is 2.90 bits per heavy atom. The SMILES string of the molecule is COCCCNC(=O)/C(C#N)=C\c1ccc(F)c(C)c1. The van der Waals surface area contributed by atoms with E-state index >= 15 is 0 Å². The minimum absolute atomic E-state index is 0.00609. The quantitative estimate of drug-likeness (QED) is 0.492. The van der Waals surface area contributed by atoms with Crippen LogP contribution in [0, 0.1) is 24.1 Å². The van der Waals surface area contributed by atoms with Gasteiger partial charge in [-0.15, -0.1) is 0 Å². The molecule has 1 aromatic carbocycles. The standard InChI is InChI=1S/C15H17FN2O2/c1-11-8-12(4-5-14(11)16)9-13(10-17)15(19)18-6-3-7-20-2/h4-5,8-9H,3,6-7H2,1-2H3,(H,18,19)/b13-9-. The van der Waals surface area contributed by atoms with Crippen LogP contribution < -0.4 is 5.32 Å². The van der Waals surface area contributed by atoms with Gasteiger partial charge in [0.2, 0.25) is 0 Å². The first kappa shape index (κ1) is 15.9. The zero-order valence-electron chi connectivity index (χ0n) is 11.6. The zero-order valence-corrected chi connectivity index (χ0v) is 11.6. The molecule has 0 saturated carbocycles. The number of amides is 1. The monoisotopic (exact) mass is 276 g/mol. The van der Waals surface area contributed by atoms with Crippen molar-refractivity contribution in [2.75, 3.05) is 20.3 Å². The molecule has 0 aliphatic rings. The summed E-state index contributed by atoms with van der Waals surface area (Å²) in [5, 5.41) is 11.6. The lowest BCUT2D eigenvalue weighted by Crippen LogP contribution is -2.26. The third-order valence-electron chi connectivity index (χ3n) is 2.67. The summed E-state index contributed by atoms with van der Waals surface area (Å²) in [6.07, 6.45) is 2.12. The van der Waals surface area contributed by atoms with Crippen LogP contribution >= 0.6 is 0 Å². The van der Waals surface area contributed by atoms with E-state index < -0.39 is 5.91 Å². The summed E-state index contributed by atoms with van der Waals surface area (Å²) in [7, 11) is 1.58. The topological polar surface area (TPSA) is 62.1 Å². The van der Waals surface area contributed by atoms with Crippen molar-refractivity contribution in [1.29, 1.82) is 5.26 Å². The Bertz CT molecular complexity index is 547. The molecule has 106 valence electrons. The number of nitrogens with one attached hydrogen (secondary N) is 1. The molecule has 0 fully saturated rings. The number of carbonyl (C=O) groups is 1. The number of benzene rings is 1. The molecular weight excluding hydrogens is 259 g/mol. The van der Waals surface area contributed by atoms with Crippen molar-refractivity contribution in [3.63, 3.8) is 0 Å². The van der Waals surface area contributed by atoms with Crippen molar-refractivity contribution in [1.82, 2.24) is 5.32 Å². The second-order valence-corrected chi connectivity index (χ2v) is 4.28. The van der Waals surface area contributed by atoms with E-state index in [2.05, 4.69) is 5.32 Å². The fourth-order valence-corrected chi connectivity index (χ4v) is 1.59. The third kappa shape index (κ3) is 4.82. The van der Waals surface area contributed by atoms with Crippen LogP contribution in [0.5, 0.6) is 0 Å². The van der Waals surface area contributed by atoms with Crippen LogP contribution in [0.4, 0.5) is 4.39 Å². The van der Waals surface area contributed by atoms with Gasteiger partial charge in [0.15, 0.2) is 0 Å². The Kier molecular flexibility index (Phi) is 6.41. The van der Waals surface area contributed by atoms with E-state index in [1.54, 1.807) is 20.1 Å². The Hall–Kier alpha value is -2.19. The maximum Gasteiger partial charge on any atom is 0.261 e. The molecule has 1 N–H and O–H groups in total. The van der Waals surface area contributed by atoms with Crippen LogP contribution in [0.3, 0.4) is 0 Å². The molecule has 1 amide bonds. The second kappa shape index (κ2) is 8.08. The van der Waals surface area contributed by atoms with E-state index in [1.807, 2.05) is 6.07 Å². The highest BCUT2D eigenvalue weighted by Gasteiger charge is 2.08. The molecule has 0 aliphatic carbocycles. The molecule has 0 unspecified atom stereocenters. The van der Waals surface area contributed by atoms with E-state index in [-0.39, 0.29) is 11.4 Å². The van der Waals surface area contributed by atoms with Crippen molar-refractivity contribution in [2.45, 2.75) is 13.3 Å². The Labute approximate surface area is 117 Å². The molecular formula is C15H17FN2O2. The molecule has 0 radical (unpaired) electrons. The van der Waals surface area contributed by atoms with Gasteiger partial charge in [-0.1, -0.05) is 6.07 Å². The molecule has 4 nitrogen and oxygen atoms in total. The van der Waals surface area contributed by atoms with Gasteiger partial charge in [-0.2, -0.15) is 5.26 Å². The van der Waals surface area contributed by atoms with E-state index in [1.165, 1.54) is 18.2 Å². The Morgan fingerprint density at radius 2 is 2.30 bits per heavy atom. The predicted octanol–water partition coefficient (Wildman–Crippen LogP) is 2.19. The molecule has 0 aromatic heterocycles. The average molecular weight is 276 g/mol. The maximum absolute atomic E-state index is 13.1. The first-order chi connectivity index (χ1) is 9.58. The summed E-state index contributed by atoms with van der Waals surface area (Å²) in [5.74, 6) is -0.754. The van der Waals surface area contributed by atoms with Gasteiger partial charge >= 0.3 is 0 Å². The van der Waals surface area contributed by atoms with Crippen LogP contribution in [0.1, 0.15) is 17.5 Å². The number of nitrogens with zero attached hydrogens (tertiary/aromatic N) is 1. The molecule has 5 heteroatoms. The van der Waals surface area contributed by atoms with Crippen LogP contribution in [-0.4, -0.2) is 26.2 Å². The minimum atomic E-state index is -0.439. The zero-order chi connectivity index (χ0) is 15.0. The molecule has 20 heavy (non-hydrogen) atoms. The van der Waals surface area contributed by atoms with Crippen LogP contribution in [-0.2, 0) is 9.53 Å². The summed E-state index contributed by atoms with van der Waals surface area (Å²) in [6.45, 7) is 2.61. The van der Waals surface area contributed by atoms with Gasteiger partial charge in [0.1, 0.15) is 17.5 Å². The van der Waals surface area contributed by atoms with Crippen molar-refractivity contribution in [3.8, 4) is 6.07 Å². The van der Waals surface area contributed by atoms with Gasteiger partial charge in [-0.25, -0.2) is 4.39 Å². The summed E-state index contributed by atoms with van der Waals surface area (Å²) < 4.78 is 18.0. The van der Waals surface area contributed by atoms with Crippen LogP contribution in [0.15, 0.2) is 23.8 Å². The number of methoxy groups -OCH3 is 1. The summed E-state index contributed by atoms with van der Waals surface area (Å²) in [5.41, 5.74) is 1.08. The lowest BCUT2D eigenvalue weighted by Gasteiger charge is -2.04. The van der Waals surface area contributed by atoms with Crippen LogP contribution in [0.25, 0.3) is 6.08 Å². The van der Waals surface area contributed by atoms with E-state index in [0.29, 0.717) is 30.7 Å². The summed E-state index contributed by atoms with van der Waals surface area (Å²) in [4.78, 5) is 11.8. The highest BCUT2D eigenvalue weighted by Crippen LogP contribution is 2.12. The predicted molar refractivity (Wildman–Crippen MR) is 74.2 cm³/mol. The van der Waals surface area contributed by atoms with Crippen molar-refractivity contribution in [2.24, 2.45) is 0 Å². The maximum atomic E-state index is 13.1.